The number of thiophene rings is 1. The van der Waals surface area contributed by atoms with Crippen molar-refractivity contribution in [2.45, 2.75) is 19.4 Å². The molecule has 20 heavy (non-hydrogen) atoms. The Hall–Kier alpha value is -2.08. The normalized spacial score (nSPS) is 10.4. The number of carboxylic acid groups (broad SMARTS) is 1. The zero-order valence-corrected chi connectivity index (χ0v) is 11.7. The molecule has 1 heterocycles. The van der Waals surface area contributed by atoms with Crippen LogP contribution < -0.4 is 10.6 Å². The van der Waals surface area contributed by atoms with Gasteiger partial charge in [0, 0.05) is 24.2 Å². The second kappa shape index (κ2) is 6.91. The number of hydrogen-bond acceptors (Lipinski definition) is 3. The van der Waals surface area contributed by atoms with E-state index in [4.69, 9.17) is 5.11 Å². The lowest BCUT2D eigenvalue weighted by atomic mass is 10.2. The molecule has 0 saturated carbocycles. The molecule has 1 aromatic carbocycles. The van der Waals surface area contributed by atoms with E-state index in [1.54, 1.807) is 11.3 Å². The highest BCUT2D eigenvalue weighted by Crippen LogP contribution is 2.25. The summed E-state index contributed by atoms with van der Waals surface area (Å²) in [4.78, 5) is 21.9. The smallest absolute Gasteiger partial charge is 0.315 e. The van der Waals surface area contributed by atoms with Crippen LogP contribution in [0, 0.1) is 0 Å². The molecular formula is C14H16N2O3S. The Balaban J connectivity index is 1.77. The van der Waals surface area contributed by atoms with Gasteiger partial charge in [-0.1, -0.05) is 18.2 Å². The summed E-state index contributed by atoms with van der Waals surface area (Å²) in [6, 6.07) is 7.78. The predicted octanol–water partition coefficient (Wildman–Crippen LogP) is 2.57. The molecule has 0 saturated heterocycles. The number of hydrogen-bond donors (Lipinski definition) is 3. The summed E-state index contributed by atoms with van der Waals surface area (Å²) in [5.41, 5.74) is 1.09. The molecule has 0 bridgehead atoms. The lowest BCUT2D eigenvalue weighted by molar-refractivity contribution is -0.137. The molecular weight excluding hydrogens is 276 g/mol. The van der Waals surface area contributed by atoms with Crippen molar-refractivity contribution in [3.63, 3.8) is 0 Å². The van der Waals surface area contributed by atoms with E-state index in [1.807, 2.05) is 23.6 Å². The molecule has 1 aromatic heterocycles. The standard InChI is InChI=1S/C14H16N2O3S/c17-13(18)6-3-7-15-14(19)16-8-10-9-20-12-5-2-1-4-11(10)12/h1-2,4-5,9H,3,6-8H2,(H,17,18)(H2,15,16,19). The molecule has 0 atom stereocenters. The van der Waals surface area contributed by atoms with Gasteiger partial charge in [-0.25, -0.2) is 4.79 Å². The van der Waals surface area contributed by atoms with Crippen molar-refractivity contribution >= 4 is 33.4 Å². The molecule has 0 radical (unpaired) electrons. The van der Waals surface area contributed by atoms with Crippen molar-refractivity contribution in [2.24, 2.45) is 0 Å². The lowest BCUT2D eigenvalue weighted by Crippen LogP contribution is -2.35. The molecule has 0 fully saturated rings. The topological polar surface area (TPSA) is 78.4 Å². The average molecular weight is 292 g/mol. The van der Waals surface area contributed by atoms with Gasteiger partial charge in [0.25, 0.3) is 0 Å². The maximum absolute atomic E-state index is 11.6. The van der Waals surface area contributed by atoms with Crippen molar-refractivity contribution in [1.82, 2.24) is 10.6 Å². The number of urea groups is 1. The number of carbonyl (C=O) groups excluding carboxylic acids is 1. The highest BCUT2D eigenvalue weighted by molar-refractivity contribution is 7.17. The molecule has 0 spiro atoms. The lowest BCUT2D eigenvalue weighted by Gasteiger charge is -2.06. The number of aliphatic carboxylic acids is 1. The first-order valence-corrected chi connectivity index (χ1v) is 7.23. The molecule has 6 heteroatoms. The summed E-state index contributed by atoms with van der Waals surface area (Å²) < 4.78 is 1.20. The van der Waals surface area contributed by atoms with Crippen LogP contribution in [0.4, 0.5) is 4.79 Å². The number of amides is 2. The van der Waals surface area contributed by atoms with Crippen LogP contribution in [0.5, 0.6) is 0 Å². The Labute approximate surface area is 120 Å². The number of carboxylic acids is 1. The number of rotatable bonds is 6. The molecule has 106 valence electrons. The molecule has 0 unspecified atom stereocenters. The van der Waals surface area contributed by atoms with Gasteiger partial charge < -0.3 is 15.7 Å². The first-order valence-electron chi connectivity index (χ1n) is 6.35. The maximum atomic E-state index is 11.6. The summed E-state index contributed by atoms with van der Waals surface area (Å²) in [5, 5.41) is 17.1. The SMILES string of the molecule is O=C(O)CCCNC(=O)NCc1csc2ccccc12. The quantitative estimate of drug-likeness (QED) is 0.716. The van der Waals surface area contributed by atoms with E-state index in [0.29, 0.717) is 19.5 Å². The van der Waals surface area contributed by atoms with Crippen molar-refractivity contribution in [3.05, 3.63) is 35.2 Å². The number of carbonyl (C=O) groups is 2. The minimum absolute atomic E-state index is 0.0649. The Morgan fingerprint density at radius 3 is 2.80 bits per heavy atom. The van der Waals surface area contributed by atoms with E-state index in [0.717, 1.165) is 10.9 Å². The van der Waals surface area contributed by atoms with Crippen LogP contribution in [0.1, 0.15) is 18.4 Å². The van der Waals surface area contributed by atoms with Crippen molar-refractivity contribution < 1.29 is 14.7 Å². The summed E-state index contributed by atoms with van der Waals surface area (Å²) in [7, 11) is 0. The van der Waals surface area contributed by atoms with Gasteiger partial charge in [-0.15, -0.1) is 11.3 Å². The largest absolute Gasteiger partial charge is 0.481 e. The molecule has 2 aromatic rings. The fourth-order valence-corrected chi connectivity index (χ4v) is 2.81. The molecule has 2 amide bonds. The molecule has 0 aliphatic carbocycles. The van der Waals surface area contributed by atoms with Crippen molar-refractivity contribution in [2.75, 3.05) is 6.54 Å². The third kappa shape index (κ3) is 3.96. The van der Waals surface area contributed by atoms with Gasteiger partial charge in [0.15, 0.2) is 0 Å². The zero-order valence-electron chi connectivity index (χ0n) is 10.9. The van der Waals surface area contributed by atoms with E-state index in [2.05, 4.69) is 16.7 Å². The monoisotopic (exact) mass is 292 g/mol. The first kappa shape index (κ1) is 14.3. The van der Waals surface area contributed by atoms with Crippen LogP contribution in [-0.2, 0) is 11.3 Å². The highest BCUT2D eigenvalue weighted by Gasteiger charge is 2.05. The molecule has 5 nitrogen and oxygen atoms in total. The molecule has 2 rings (SSSR count). The van der Waals surface area contributed by atoms with Gasteiger partial charge in [-0.3, -0.25) is 4.79 Å². The van der Waals surface area contributed by atoms with Crippen LogP contribution in [0.15, 0.2) is 29.6 Å². The first-order chi connectivity index (χ1) is 9.66. The summed E-state index contributed by atoms with van der Waals surface area (Å²) in [6.45, 7) is 0.831. The van der Waals surface area contributed by atoms with Gasteiger partial charge in [0.2, 0.25) is 0 Å². The Morgan fingerprint density at radius 1 is 1.20 bits per heavy atom. The third-order valence-electron chi connectivity index (χ3n) is 2.85. The van der Waals surface area contributed by atoms with E-state index < -0.39 is 5.97 Å². The molecule has 3 N–H and O–H groups in total. The summed E-state index contributed by atoms with van der Waals surface area (Å²) >= 11 is 1.65. The van der Waals surface area contributed by atoms with Crippen LogP contribution in [0.3, 0.4) is 0 Å². The van der Waals surface area contributed by atoms with Gasteiger partial charge in [0.05, 0.1) is 0 Å². The molecule has 0 aliphatic rings. The maximum Gasteiger partial charge on any atom is 0.315 e. The minimum atomic E-state index is -0.850. The molecule has 0 aliphatic heterocycles. The second-order valence-electron chi connectivity index (χ2n) is 4.36. The van der Waals surface area contributed by atoms with Crippen molar-refractivity contribution in [1.29, 1.82) is 0 Å². The minimum Gasteiger partial charge on any atom is -0.481 e. The van der Waals surface area contributed by atoms with Crippen LogP contribution in [-0.4, -0.2) is 23.7 Å². The van der Waals surface area contributed by atoms with Gasteiger partial charge >= 0.3 is 12.0 Å². The zero-order chi connectivity index (χ0) is 14.4. The van der Waals surface area contributed by atoms with E-state index in [9.17, 15) is 9.59 Å². The van der Waals surface area contributed by atoms with Crippen LogP contribution >= 0.6 is 11.3 Å². The Bertz CT molecular complexity index is 609. The Kier molecular flexibility index (Phi) is 4.95. The van der Waals surface area contributed by atoms with Crippen molar-refractivity contribution in [3.8, 4) is 0 Å². The van der Waals surface area contributed by atoms with Gasteiger partial charge in [0.1, 0.15) is 0 Å². The third-order valence-corrected chi connectivity index (χ3v) is 3.87. The number of nitrogens with one attached hydrogen (secondary N) is 2. The van der Waals surface area contributed by atoms with E-state index in [1.165, 1.54) is 4.70 Å². The second-order valence-corrected chi connectivity index (χ2v) is 5.28. The number of fused-ring (bicyclic) bond motifs is 1. The average Bonchev–Trinajstić information content (AvgIpc) is 2.84. The predicted molar refractivity (Wildman–Crippen MR) is 78.9 cm³/mol. The van der Waals surface area contributed by atoms with Gasteiger partial charge in [-0.2, -0.15) is 0 Å². The summed E-state index contributed by atoms with van der Waals surface area (Å²) in [6.07, 6.45) is 0.500. The fraction of sp³-hybridized carbons (Fsp3) is 0.286. The summed E-state index contributed by atoms with van der Waals surface area (Å²) in [5.74, 6) is -0.850. The van der Waals surface area contributed by atoms with Crippen LogP contribution in [0.25, 0.3) is 10.1 Å². The number of benzene rings is 1. The van der Waals surface area contributed by atoms with E-state index >= 15 is 0 Å². The van der Waals surface area contributed by atoms with E-state index in [-0.39, 0.29) is 12.5 Å². The van der Waals surface area contributed by atoms with Crippen LogP contribution in [0.2, 0.25) is 0 Å². The van der Waals surface area contributed by atoms with Gasteiger partial charge in [-0.05, 0) is 28.8 Å². The Morgan fingerprint density at radius 2 is 2.00 bits per heavy atom. The fourth-order valence-electron chi connectivity index (χ4n) is 1.85. The highest BCUT2D eigenvalue weighted by atomic mass is 32.1.